The van der Waals surface area contributed by atoms with Crippen molar-refractivity contribution in [1.82, 2.24) is 5.32 Å². The summed E-state index contributed by atoms with van der Waals surface area (Å²) in [5.74, 6) is 1.64. The van der Waals surface area contributed by atoms with Gasteiger partial charge in [-0.2, -0.15) is 0 Å². The predicted molar refractivity (Wildman–Crippen MR) is 75.2 cm³/mol. The smallest absolute Gasteiger partial charge is 0.261 e. The number of hydrogen-bond donors (Lipinski definition) is 1. The van der Waals surface area contributed by atoms with E-state index in [-0.39, 0.29) is 5.91 Å². The van der Waals surface area contributed by atoms with Crippen molar-refractivity contribution in [2.75, 3.05) is 0 Å². The highest BCUT2D eigenvalue weighted by molar-refractivity contribution is 7.14. The molecule has 1 fully saturated rings. The lowest BCUT2D eigenvalue weighted by molar-refractivity contribution is 0.0940. The van der Waals surface area contributed by atoms with E-state index in [4.69, 9.17) is 0 Å². The van der Waals surface area contributed by atoms with Gasteiger partial charge in [0.1, 0.15) is 0 Å². The summed E-state index contributed by atoms with van der Waals surface area (Å²) in [6.07, 6.45) is 6.14. The Morgan fingerprint density at radius 2 is 2.22 bits per heavy atom. The van der Waals surface area contributed by atoms with Gasteiger partial charge in [-0.25, -0.2) is 0 Å². The molecular formula is C15H21NOS. The first-order valence-corrected chi connectivity index (χ1v) is 7.87. The van der Waals surface area contributed by atoms with Gasteiger partial charge in [0.05, 0.1) is 4.88 Å². The molecular weight excluding hydrogens is 242 g/mol. The first-order chi connectivity index (χ1) is 8.63. The Kier molecular flexibility index (Phi) is 3.18. The lowest BCUT2D eigenvalue weighted by atomic mass is 9.90. The maximum absolute atomic E-state index is 12.2. The number of amides is 1. The summed E-state index contributed by atoms with van der Waals surface area (Å²) in [5.41, 5.74) is 1.42. The molecule has 2 unspecified atom stereocenters. The average molecular weight is 263 g/mol. The Labute approximate surface area is 113 Å². The number of fused-ring (bicyclic) bond motifs is 1. The summed E-state index contributed by atoms with van der Waals surface area (Å²) in [5, 5.41) is 3.15. The highest BCUT2D eigenvalue weighted by Crippen LogP contribution is 2.34. The van der Waals surface area contributed by atoms with Crippen LogP contribution in [0.3, 0.4) is 0 Å². The maximum atomic E-state index is 12.2. The van der Waals surface area contributed by atoms with Crippen molar-refractivity contribution in [2.24, 2.45) is 11.8 Å². The molecule has 1 aromatic rings. The van der Waals surface area contributed by atoms with Gasteiger partial charge in [0, 0.05) is 10.9 Å². The molecule has 1 saturated carbocycles. The van der Waals surface area contributed by atoms with Crippen molar-refractivity contribution in [2.45, 2.75) is 52.0 Å². The molecule has 3 heteroatoms. The zero-order valence-electron chi connectivity index (χ0n) is 11.2. The molecule has 3 rings (SSSR count). The van der Waals surface area contributed by atoms with Crippen LogP contribution in [0.2, 0.25) is 0 Å². The monoisotopic (exact) mass is 263 g/mol. The van der Waals surface area contributed by atoms with Crippen LogP contribution in [-0.2, 0) is 12.8 Å². The minimum atomic E-state index is 0.140. The normalized spacial score (nSPS) is 24.4. The number of nitrogens with one attached hydrogen (secondary N) is 1. The van der Waals surface area contributed by atoms with Crippen molar-refractivity contribution >= 4 is 17.2 Å². The van der Waals surface area contributed by atoms with E-state index in [0.717, 1.165) is 29.6 Å². The van der Waals surface area contributed by atoms with E-state index in [1.807, 2.05) is 0 Å². The van der Waals surface area contributed by atoms with Crippen molar-refractivity contribution < 1.29 is 4.79 Å². The third-order valence-electron chi connectivity index (χ3n) is 4.24. The molecule has 2 aliphatic rings. The Morgan fingerprint density at radius 1 is 1.44 bits per heavy atom. The van der Waals surface area contributed by atoms with Gasteiger partial charge in [-0.05, 0) is 62.5 Å². The van der Waals surface area contributed by atoms with Crippen molar-refractivity contribution in [3.8, 4) is 0 Å². The Bertz CT molecular complexity index is 461. The van der Waals surface area contributed by atoms with Crippen LogP contribution in [0.1, 0.15) is 53.2 Å². The second-order valence-electron chi connectivity index (χ2n) is 6.01. The minimum absolute atomic E-state index is 0.140. The molecule has 0 bridgehead atoms. The summed E-state index contributed by atoms with van der Waals surface area (Å²) in [6.45, 7) is 4.43. The molecule has 2 atom stereocenters. The fourth-order valence-corrected chi connectivity index (χ4v) is 3.92. The molecule has 2 aliphatic carbocycles. The van der Waals surface area contributed by atoms with Gasteiger partial charge in [0.25, 0.3) is 5.91 Å². The van der Waals surface area contributed by atoms with Gasteiger partial charge in [-0.1, -0.05) is 6.92 Å². The fourth-order valence-electron chi connectivity index (χ4n) is 2.81. The molecule has 18 heavy (non-hydrogen) atoms. The summed E-state index contributed by atoms with van der Waals surface area (Å²) in [7, 11) is 0. The first kappa shape index (κ1) is 12.2. The van der Waals surface area contributed by atoms with E-state index >= 15 is 0 Å². The number of hydrogen-bond acceptors (Lipinski definition) is 2. The van der Waals surface area contributed by atoms with E-state index in [1.165, 1.54) is 29.7 Å². The van der Waals surface area contributed by atoms with E-state index in [0.29, 0.717) is 6.04 Å². The zero-order valence-corrected chi connectivity index (χ0v) is 12.0. The van der Waals surface area contributed by atoms with Gasteiger partial charge >= 0.3 is 0 Å². The lowest BCUT2D eigenvalue weighted by Crippen LogP contribution is -2.33. The number of rotatable bonds is 3. The molecule has 1 amide bonds. The molecule has 98 valence electrons. The molecule has 0 radical (unpaired) electrons. The van der Waals surface area contributed by atoms with Crippen LogP contribution in [-0.4, -0.2) is 11.9 Å². The summed E-state index contributed by atoms with van der Waals surface area (Å²) >= 11 is 1.71. The Balaban J connectivity index is 1.70. The standard InChI is InChI=1S/C15H21NOS/c1-9-3-6-13-12(7-9)8-14(18-13)15(17)16-10(2)11-4-5-11/h8-11H,3-7H2,1-2H3,(H,16,17). The number of thiophene rings is 1. The van der Waals surface area contributed by atoms with E-state index in [9.17, 15) is 4.79 Å². The Hall–Kier alpha value is -0.830. The van der Waals surface area contributed by atoms with E-state index in [1.54, 1.807) is 11.3 Å². The second-order valence-corrected chi connectivity index (χ2v) is 7.14. The van der Waals surface area contributed by atoms with Crippen LogP contribution in [0.15, 0.2) is 6.07 Å². The van der Waals surface area contributed by atoms with E-state index < -0.39 is 0 Å². The lowest BCUT2D eigenvalue weighted by Gasteiger charge is -2.16. The average Bonchev–Trinajstić information content (AvgIpc) is 3.09. The van der Waals surface area contributed by atoms with Gasteiger partial charge < -0.3 is 5.32 Å². The molecule has 0 saturated heterocycles. The zero-order chi connectivity index (χ0) is 12.7. The largest absolute Gasteiger partial charge is 0.349 e. The van der Waals surface area contributed by atoms with Crippen LogP contribution in [0, 0.1) is 11.8 Å². The van der Waals surface area contributed by atoms with Gasteiger partial charge in [-0.15, -0.1) is 11.3 Å². The highest BCUT2D eigenvalue weighted by atomic mass is 32.1. The van der Waals surface area contributed by atoms with Crippen LogP contribution in [0.4, 0.5) is 0 Å². The molecule has 0 aromatic carbocycles. The van der Waals surface area contributed by atoms with Crippen LogP contribution >= 0.6 is 11.3 Å². The Morgan fingerprint density at radius 3 is 2.94 bits per heavy atom. The molecule has 2 nitrogen and oxygen atoms in total. The van der Waals surface area contributed by atoms with Crippen molar-refractivity contribution in [3.05, 3.63) is 21.4 Å². The van der Waals surface area contributed by atoms with Gasteiger partial charge in [-0.3, -0.25) is 4.79 Å². The molecule has 0 spiro atoms. The summed E-state index contributed by atoms with van der Waals surface area (Å²) < 4.78 is 0. The minimum Gasteiger partial charge on any atom is -0.349 e. The highest BCUT2D eigenvalue weighted by Gasteiger charge is 2.29. The quantitative estimate of drug-likeness (QED) is 0.889. The number of aryl methyl sites for hydroxylation is 1. The molecule has 1 heterocycles. The van der Waals surface area contributed by atoms with Crippen molar-refractivity contribution in [1.29, 1.82) is 0 Å². The summed E-state index contributed by atoms with van der Waals surface area (Å²) in [6, 6.07) is 2.47. The van der Waals surface area contributed by atoms with Crippen LogP contribution in [0.25, 0.3) is 0 Å². The number of carbonyl (C=O) groups excluding carboxylic acids is 1. The van der Waals surface area contributed by atoms with Gasteiger partial charge in [0.2, 0.25) is 0 Å². The van der Waals surface area contributed by atoms with E-state index in [2.05, 4.69) is 25.2 Å². The molecule has 1 aromatic heterocycles. The third kappa shape index (κ3) is 2.46. The van der Waals surface area contributed by atoms with Crippen LogP contribution < -0.4 is 5.32 Å². The van der Waals surface area contributed by atoms with Crippen molar-refractivity contribution in [3.63, 3.8) is 0 Å². The maximum Gasteiger partial charge on any atom is 0.261 e. The fraction of sp³-hybridized carbons (Fsp3) is 0.667. The number of carbonyl (C=O) groups is 1. The molecule has 1 N–H and O–H groups in total. The topological polar surface area (TPSA) is 29.1 Å². The SMILES string of the molecule is CC1CCc2sc(C(=O)NC(C)C3CC3)cc2C1. The van der Waals surface area contributed by atoms with Gasteiger partial charge in [0.15, 0.2) is 0 Å². The second kappa shape index (κ2) is 4.69. The first-order valence-electron chi connectivity index (χ1n) is 7.06. The van der Waals surface area contributed by atoms with Crippen LogP contribution in [0.5, 0.6) is 0 Å². The third-order valence-corrected chi connectivity index (χ3v) is 5.48. The predicted octanol–water partition coefficient (Wildman–Crippen LogP) is 3.40. The summed E-state index contributed by atoms with van der Waals surface area (Å²) in [4.78, 5) is 14.5. The molecule has 0 aliphatic heterocycles.